The molecule has 2 aliphatic carbocycles. The summed E-state index contributed by atoms with van der Waals surface area (Å²) >= 11 is 0. The Morgan fingerprint density at radius 3 is 2.62 bits per heavy atom. The summed E-state index contributed by atoms with van der Waals surface area (Å²) in [5, 5.41) is 0. The molecular weight excluding hydrogens is 160 g/mol. The Bertz CT molecular complexity index is 201. The van der Waals surface area contributed by atoms with Crippen LogP contribution in [0.3, 0.4) is 0 Å². The highest BCUT2D eigenvalue weighted by Crippen LogP contribution is 2.39. The molecule has 2 unspecified atom stereocenters. The van der Waals surface area contributed by atoms with Gasteiger partial charge in [0.15, 0.2) is 0 Å². The maximum absolute atomic E-state index is 10.9. The number of carbonyl (C=O) groups is 1. The van der Waals surface area contributed by atoms with Gasteiger partial charge in [0.1, 0.15) is 6.29 Å². The largest absolute Gasteiger partial charge is 0.303 e. The summed E-state index contributed by atoms with van der Waals surface area (Å²) in [7, 11) is 0. The van der Waals surface area contributed by atoms with Gasteiger partial charge in [-0.05, 0) is 24.7 Å². The summed E-state index contributed by atoms with van der Waals surface area (Å²) in [6, 6.07) is 0. The Labute approximate surface area is 80.2 Å². The molecule has 0 saturated heterocycles. The molecule has 0 aromatic carbocycles. The molecule has 1 nitrogen and oxygen atoms in total. The van der Waals surface area contributed by atoms with E-state index in [9.17, 15) is 4.79 Å². The molecule has 2 aliphatic rings. The first-order valence-corrected chi connectivity index (χ1v) is 5.54. The molecule has 1 saturated carbocycles. The molecule has 0 radical (unpaired) electrons. The predicted molar refractivity (Wildman–Crippen MR) is 53.4 cm³/mol. The molecule has 1 fully saturated rings. The first-order chi connectivity index (χ1) is 6.42. The zero-order valence-corrected chi connectivity index (χ0v) is 8.11. The Balaban J connectivity index is 2.03. The van der Waals surface area contributed by atoms with Gasteiger partial charge in [0.05, 0.1) is 0 Å². The molecule has 0 aliphatic heterocycles. The molecule has 0 bridgehead atoms. The van der Waals surface area contributed by atoms with Gasteiger partial charge in [-0.2, -0.15) is 0 Å². The topological polar surface area (TPSA) is 17.1 Å². The number of allylic oxidation sites excluding steroid dienone is 2. The Morgan fingerprint density at radius 1 is 1.15 bits per heavy atom. The molecule has 72 valence electrons. The first kappa shape index (κ1) is 8.98. The lowest BCUT2D eigenvalue weighted by atomic mass is 9.75. The molecule has 0 N–H and O–H groups in total. The number of carbonyl (C=O) groups excluding carboxylic acids is 1. The smallest absolute Gasteiger partial charge is 0.127 e. The van der Waals surface area contributed by atoms with Gasteiger partial charge in [-0.15, -0.1) is 0 Å². The van der Waals surface area contributed by atoms with Crippen molar-refractivity contribution in [3.63, 3.8) is 0 Å². The van der Waals surface area contributed by atoms with Gasteiger partial charge in [-0.1, -0.05) is 37.8 Å². The average molecular weight is 178 g/mol. The molecule has 0 aromatic heterocycles. The molecule has 2 atom stereocenters. The lowest BCUT2D eigenvalue weighted by molar-refractivity contribution is -0.111. The minimum absolute atomic E-state index is 0.233. The van der Waals surface area contributed by atoms with Crippen LogP contribution in [0.4, 0.5) is 0 Å². The molecule has 1 heteroatoms. The van der Waals surface area contributed by atoms with E-state index < -0.39 is 0 Å². The maximum atomic E-state index is 10.9. The van der Waals surface area contributed by atoms with Crippen LogP contribution in [0.5, 0.6) is 0 Å². The fourth-order valence-corrected chi connectivity index (χ4v) is 2.96. The van der Waals surface area contributed by atoms with E-state index in [1.807, 2.05) is 0 Å². The number of hydrogen-bond donors (Lipinski definition) is 0. The van der Waals surface area contributed by atoms with Crippen LogP contribution >= 0.6 is 0 Å². The van der Waals surface area contributed by atoms with Gasteiger partial charge in [0.25, 0.3) is 0 Å². The third kappa shape index (κ3) is 1.84. The van der Waals surface area contributed by atoms with Gasteiger partial charge in [-0.3, -0.25) is 0 Å². The Kier molecular flexibility index (Phi) is 2.82. The van der Waals surface area contributed by atoms with Crippen LogP contribution in [0.1, 0.15) is 38.5 Å². The van der Waals surface area contributed by atoms with Crippen LogP contribution in [0.15, 0.2) is 12.2 Å². The second kappa shape index (κ2) is 4.08. The molecule has 0 heterocycles. The van der Waals surface area contributed by atoms with Gasteiger partial charge in [0, 0.05) is 5.92 Å². The number of aldehydes is 1. The van der Waals surface area contributed by atoms with E-state index in [1.165, 1.54) is 38.5 Å². The van der Waals surface area contributed by atoms with Crippen molar-refractivity contribution in [3.8, 4) is 0 Å². The SMILES string of the molecule is O=CC1C=CCCC1C1CCCC1. The van der Waals surface area contributed by atoms with Gasteiger partial charge >= 0.3 is 0 Å². The van der Waals surface area contributed by atoms with Crippen molar-refractivity contribution in [2.75, 3.05) is 0 Å². The van der Waals surface area contributed by atoms with Gasteiger partial charge in [-0.25, -0.2) is 0 Å². The van der Waals surface area contributed by atoms with Crippen molar-refractivity contribution < 1.29 is 4.79 Å². The minimum atomic E-state index is 0.233. The fraction of sp³-hybridized carbons (Fsp3) is 0.750. The quantitative estimate of drug-likeness (QED) is 0.469. The predicted octanol–water partition coefficient (Wildman–Crippen LogP) is 2.96. The van der Waals surface area contributed by atoms with Crippen molar-refractivity contribution >= 4 is 6.29 Å². The summed E-state index contributed by atoms with van der Waals surface area (Å²) in [6.45, 7) is 0. The highest BCUT2D eigenvalue weighted by Gasteiger charge is 2.30. The summed E-state index contributed by atoms with van der Waals surface area (Å²) in [5.74, 6) is 1.75. The molecule has 0 amide bonds. The third-order valence-electron chi connectivity index (χ3n) is 3.68. The summed E-state index contributed by atoms with van der Waals surface area (Å²) in [5.41, 5.74) is 0. The monoisotopic (exact) mass is 178 g/mol. The van der Waals surface area contributed by atoms with Crippen LogP contribution < -0.4 is 0 Å². The third-order valence-corrected chi connectivity index (χ3v) is 3.68. The van der Waals surface area contributed by atoms with E-state index in [1.54, 1.807) is 0 Å². The zero-order valence-electron chi connectivity index (χ0n) is 8.11. The second-order valence-electron chi connectivity index (χ2n) is 4.43. The van der Waals surface area contributed by atoms with E-state index in [0.717, 1.165) is 12.2 Å². The lowest BCUT2D eigenvalue weighted by Crippen LogP contribution is -2.23. The van der Waals surface area contributed by atoms with E-state index >= 15 is 0 Å². The van der Waals surface area contributed by atoms with Crippen LogP contribution in [0, 0.1) is 17.8 Å². The van der Waals surface area contributed by atoms with Crippen LogP contribution in [-0.4, -0.2) is 6.29 Å². The van der Waals surface area contributed by atoms with Gasteiger partial charge in [0.2, 0.25) is 0 Å². The minimum Gasteiger partial charge on any atom is -0.303 e. The fourth-order valence-electron chi connectivity index (χ4n) is 2.96. The molecule has 0 aromatic rings. The maximum Gasteiger partial charge on any atom is 0.127 e. The highest BCUT2D eigenvalue weighted by atomic mass is 16.1. The van der Waals surface area contributed by atoms with E-state index in [-0.39, 0.29) is 5.92 Å². The van der Waals surface area contributed by atoms with Crippen LogP contribution in [-0.2, 0) is 4.79 Å². The zero-order chi connectivity index (χ0) is 9.10. The number of hydrogen-bond acceptors (Lipinski definition) is 1. The van der Waals surface area contributed by atoms with E-state index in [0.29, 0.717) is 5.92 Å². The number of rotatable bonds is 2. The Morgan fingerprint density at radius 2 is 1.92 bits per heavy atom. The van der Waals surface area contributed by atoms with Crippen molar-refractivity contribution in [1.29, 1.82) is 0 Å². The average Bonchev–Trinajstić information content (AvgIpc) is 2.70. The first-order valence-electron chi connectivity index (χ1n) is 5.54. The summed E-state index contributed by atoms with van der Waals surface area (Å²) in [4.78, 5) is 10.9. The van der Waals surface area contributed by atoms with Crippen molar-refractivity contribution in [1.82, 2.24) is 0 Å². The molecule has 0 spiro atoms. The lowest BCUT2D eigenvalue weighted by Gasteiger charge is -2.29. The van der Waals surface area contributed by atoms with E-state index in [4.69, 9.17) is 0 Å². The van der Waals surface area contributed by atoms with Crippen molar-refractivity contribution in [3.05, 3.63) is 12.2 Å². The molecule has 2 rings (SSSR count). The summed E-state index contributed by atoms with van der Waals surface area (Å²) in [6.07, 6.45) is 13.4. The van der Waals surface area contributed by atoms with Gasteiger partial charge < -0.3 is 4.79 Å². The van der Waals surface area contributed by atoms with Crippen molar-refractivity contribution in [2.24, 2.45) is 17.8 Å². The standard InChI is InChI=1S/C12H18O/c13-9-11-7-3-4-8-12(11)10-5-1-2-6-10/h3,7,9-12H,1-2,4-6,8H2. The molecule has 13 heavy (non-hydrogen) atoms. The van der Waals surface area contributed by atoms with E-state index in [2.05, 4.69) is 12.2 Å². The van der Waals surface area contributed by atoms with Crippen LogP contribution in [0.2, 0.25) is 0 Å². The summed E-state index contributed by atoms with van der Waals surface area (Å²) < 4.78 is 0. The Hall–Kier alpha value is -0.590. The van der Waals surface area contributed by atoms with Crippen molar-refractivity contribution in [2.45, 2.75) is 38.5 Å². The second-order valence-corrected chi connectivity index (χ2v) is 4.43. The normalized spacial score (nSPS) is 35.1. The molecular formula is C12H18O. The van der Waals surface area contributed by atoms with Crippen LogP contribution in [0.25, 0.3) is 0 Å². The highest BCUT2D eigenvalue weighted by molar-refractivity contribution is 5.57.